The van der Waals surface area contributed by atoms with Crippen molar-refractivity contribution in [3.05, 3.63) is 95.6 Å². The van der Waals surface area contributed by atoms with Crippen molar-refractivity contribution in [2.45, 2.75) is 45.2 Å². The van der Waals surface area contributed by atoms with E-state index in [9.17, 15) is 0 Å². The summed E-state index contributed by atoms with van der Waals surface area (Å²) in [6, 6.07) is 20.6. The summed E-state index contributed by atoms with van der Waals surface area (Å²) in [4.78, 5) is 0. The predicted molar refractivity (Wildman–Crippen MR) is 102 cm³/mol. The molecule has 2 heteroatoms. The first-order valence-corrected chi connectivity index (χ1v) is 8.87. The van der Waals surface area contributed by atoms with Crippen molar-refractivity contribution in [1.82, 2.24) is 0 Å². The summed E-state index contributed by atoms with van der Waals surface area (Å²) in [5, 5.41) is 0. The van der Waals surface area contributed by atoms with Crippen molar-refractivity contribution in [3.63, 3.8) is 0 Å². The van der Waals surface area contributed by atoms with Gasteiger partial charge < -0.3 is 9.47 Å². The third-order valence-corrected chi connectivity index (χ3v) is 4.42. The molecule has 0 bridgehead atoms. The lowest BCUT2D eigenvalue weighted by Crippen LogP contribution is -2.11. The Hall–Kier alpha value is -2.16. The zero-order valence-corrected chi connectivity index (χ0v) is 15.0. The lowest BCUT2D eigenvalue weighted by molar-refractivity contribution is -0.0396. The van der Waals surface area contributed by atoms with E-state index in [1.807, 2.05) is 36.4 Å². The molecule has 1 fully saturated rings. The maximum atomic E-state index is 6.29. The molecule has 0 radical (unpaired) electrons. The minimum Gasteiger partial charge on any atom is -0.338 e. The van der Waals surface area contributed by atoms with Crippen molar-refractivity contribution in [3.8, 4) is 0 Å². The number of ether oxygens (including phenoxy) is 2. The number of benzene rings is 2. The minimum absolute atomic E-state index is 0.117. The van der Waals surface area contributed by atoms with E-state index in [1.165, 1.54) is 5.57 Å². The fourth-order valence-corrected chi connectivity index (χ4v) is 3.09. The second-order valence-electron chi connectivity index (χ2n) is 6.75. The molecule has 130 valence electrons. The monoisotopic (exact) mass is 334 g/mol. The number of hydrogen-bond acceptors (Lipinski definition) is 2. The summed E-state index contributed by atoms with van der Waals surface area (Å²) < 4.78 is 12.6. The Labute approximate surface area is 150 Å². The van der Waals surface area contributed by atoms with E-state index >= 15 is 0 Å². The van der Waals surface area contributed by atoms with Gasteiger partial charge in [-0.1, -0.05) is 78.9 Å². The van der Waals surface area contributed by atoms with Crippen molar-refractivity contribution in [2.24, 2.45) is 0 Å². The molecule has 2 atom stereocenters. The first-order valence-electron chi connectivity index (χ1n) is 8.87. The molecule has 0 spiro atoms. The van der Waals surface area contributed by atoms with Crippen LogP contribution in [0.1, 0.15) is 50.0 Å². The van der Waals surface area contributed by atoms with Gasteiger partial charge in [0.2, 0.25) is 0 Å². The first kappa shape index (κ1) is 17.7. The van der Waals surface area contributed by atoms with Gasteiger partial charge in [0, 0.05) is 0 Å². The highest BCUT2D eigenvalue weighted by atomic mass is 16.7. The fourth-order valence-electron chi connectivity index (χ4n) is 3.09. The van der Waals surface area contributed by atoms with E-state index in [2.05, 4.69) is 50.8 Å². The second-order valence-corrected chi connectivity index (χ2v) is 6.75. The predicted octanol–water partition coefficient (Wildman–Crippen LogP) is 6.14. The van der Waals surface area contributed by atoms with Crippen molar-refractivity contribution in [2.75, 3.05) is 0 Å². The van der Waals surface area contributed by atoms with Gasteiger partial charge in [-0.25, -0.2) is 0 Å². The summed E-state index contributed by atoms with van der Waals surface area (Å²) >= 11 is 0. The molecule has 0 N–H and O–H groups in total. The highest BCUT2D eigenvalue weighted by molar-refractivity contribution is 5.27. The van der Waals surface area contributed by atoms with Crippen LogP contribution in [0, 0.1) is 0 Å². The van der Waals surface area contributed by atoms with Crippen LogP contribution in [0.3, 0.4) is 0 Å². The smallest absolute Gasteiger partial charge is 0.181 e. The molecule has 0 amide bonds. The molecular formula is C23H26O2. The molecule has 2 nitrogen and oxygen atoms in total. The van der Waals surface area contributed by atoms with Gasteiger partial charge in [0.25, 0.3) is 0 Å². The molecule has 1 aliphatic heterocycles. The number of rotatable bonds is 6. The van der Waals surface area contributed by atoms with E-state index in [1.54, 1.807) is 0 Å². The molecule has 0 aromatic heterocycles. The molecule has 2 unspecified atom stereocenters. The lowest BCUT2D eigenvalue weighted by Gasteiger charge is -2.17. The van der Waals surface area contributed by atoms with Crippen LogP contribution in [-0.2, 0) is 9.47 Å². The maximum absolute atomic E-state index is 6.29. The van der Waals surface area contributed by atoms with E-state index in [-0.39, 0.29) is 18.5 Å². The third-order valence-electron chi connectivity index (χ3n) is 4.42. The van der Waals surface area contributed by atoms with Crippen LogP contribution in [0.25, 0.3) is 0 Å². The topological polar surface area (TPSA) is 18.5 Å². The Morgan fingerprint density at radius 3 is 1.80 bits per heavy atom. The van der Waals surface area contributed by atoms with Crippen LogP contribution >= 0.6 is 0 Å². The molecule has 2 aromatic rings. The average Bonchev–Trinajstić information content (AvgIpc) is 3.08. The van der Waals surface area contributed by atoms with Crippen LogP contribution in [-0.4, -0.2) is 6.29 Å². The van der Waals surface area contributed by atoms with E-state index in [0.29, 0.717) is 0 Å². The standard InChI is InChI=1S/C23H26O2/c1-17(2)11-10-12-18(3)23-24-21(19-13-6-4-7-14-19)22(25-23)20-15-8-5-9-16-20/h4-9,11,13-16,21-23H,3,10,12H2,1-2H3. The normalized spacial score (nSPS) is 22.6. The number of hydrogen-bond donors (Lipinski definition) is 0. The van der Waals surface area contributed by atoms with Gasteiger partial charge >= 0.3 is 0 Å². The Morgan fingerprint density at radius 1 is 0.880 bits per heavy atom. The number of allylic oxidation sites excluding steroid dienone is 2. The zero-order chi connectivity index (χ0) is 17.6. The molecule has 1 saturated heterocycles. The van der Waals surface area contributed by atoms with E-state index < -0.39 is 0 Å². The second kappa shape index (κ2) is 8.28. The van der Waals surface area contributed by atoms with E-state index in [4.69, 9.17) is 9.47 Å². The Kier molecular flexibility index (Phi) is 5.85. The van der Waals surface area contributed by atoms with Gasteiger partial charge in [-0.2, -0.15) is 0 Å². The Bertz CT molecular complexity index is 667. The zero-order valence-electron chi connectivity index (χ0n) is 15.0. The molecule has 3 rings (SSSR count). The summed E-state index contributed by atoms with van der Waals surface area (Å²) in [5.41, 5.74) is 4.59. The summed E-state index contributed by atoms with van der Waals surface area (Å²) in [6.07, 6.45) is 3.47. The minimum atomic E-state index is -0.360. The fraction of sp³-hybridized carbons (Fsp3) is 0.304. The van der Waals surface area contributed by atoms with Gasteiger partial charge in [0.15, 0.2) is 6.29 Å². The Balaban J connectivity index is 1.78. The van der Waals surface area contributed by atoms with Gasteiger partial charge in [-0.05, 0) is 43.4 Å². The quantitative estimate of drug-likeness (QED) is 0.590. The largest absolute Gasteiger partial charge is 0.338 e. The molecular weight excluding hydrogens is 308 g/mol. The molecule has 1 heterocycles. The Morgan fingerprint density at radius 2 is 1.36 bits per heavy atom. The van der Waals surface area contributed by atoms with Gasteiger partial charge in [-0.15, -0.1) is 0 Å². The van der Waals surface area contributed by atoms with Crippen molar-refractivity contribution >= 4 is 0 Å². The summed E-state index contributed by atoms with van der Waals surface area (Å²) in [6.45, 7) is 8.44. The van der Waals surface area contributed by atoms with Crippen LogP contribution in [0.15, 0.2) is 84.5 Å². The lowest BCUT2D eigenvalue weighted by atomic mass is 9.99. The van der Waals surface area contributed by atoms with Crippen LogP contribution < -0.4 is 0 Å². The average molecular weight is 334 g/mol. The highest BCUT2D eigenvalue weighted by Crippen LogP contribution is 2.44. The first-order chi connectivity index (χ1) is 12.1. The summed E-state index contributed by atoms with van der Waals surface area (Å²) in [7, 11) is 0. The molecule has 2 aromatic carbocycles. The summed E-state index contributed by atoms with van der Waals surface area (Å²) in [5.74, 6) is 0. The van der Waals surface area contributed by atoms with Crippen LogP contribution in [0.4, 0.5) is 0 Å². The van der Waals surface area contributed by atoms with E-state index in [0.717, 1.165) is 29.5 Å². The van der Waals surface area contributed by atoms with Crippen molar-refractivity contribution in [1.29, 1.82) is 0 Å². The van der Waals surface area contributed by atoms with Gasteiger partial charge in [-0.3, -0.25) is 0 Å². The molecule has 0 aliphatic carbocycles. The van der Waals surface area contributed by atoms with Gasteiger partial charge in [0.1, 0.15) is 12.2 Å². The third kappa shape index (κ3) is 4.47. The SMILES string of the molecule is C=C(CCC=C(C)C)C1OC(c2ccccc2)C(c2ccccc2)O1. The highest BCUT2D eigenvalue weighted by Gasteiger charge is 2.38. The molecule has 1 aliphatic rings. The maximum Gasteiger partial charge on any atom is 0.181 e. The van der Waals surface area contributed by atoms with Gasteiger partial charge in [0.05, 0.1) is 0 Å². The molecule has 0 saturated carbocycles. The van der Waals surface area contributed by atoms with Crippen molar-refractivity contribution < 1.29 is 9.47 Å². The van der Waals surface area contributed by atoms with Crippen LogP contribution in [0.5, 0.6) is 0 Å². The van der Waals surface area contributed by atoms with Crippen LogP contribution in [0.2, 0.25) is 0 Å². The molecule has 25 heavy (non-hydrogen) atoms.